The number of hydrogen-bond donors (Lipinski definition) is 1. The minimum absolute atomic E-state index is 0.286. The van der Waals surface area contributed by atoms with E-state index in [1.165, 1.54) is 45.3 Å². The fraction of sp³-hybridized carbons (Fsp3) is 0.667. The predicted molar refractivity (Wildman–Crippen MR) is 85.1 cm³/mol. The third-order valence-corrected chi connectivity index (χ3v) is 4.83. The number of benzene rings is 1. The monoisotopic (exact) mass is 293 g/mol. The summed E-state index contributed by atoms with van der Waals surface area (Å²) in [6, 6.07) is 5.59. The van der Waals surface area contributed by atoms with E-state index < -0.39 is 0 Å². The molecule has 0 aliphatic heterocycles. The molecule has 2 rings (SSSR count). The summed E-state index contributed by atoms with van der Waals surface area (Å²) >= 11 is 0. The Morgan fingerprint density at radius 3 is 2.81 bits per heavy atom. The van der Waals surface area contributed by atoms with Crippen LogP contribution in [0.4, 0.5) is 4.39 Å². The molecule has 3 heteroatoms. The molecule has 2 nitrogen and oxygen atoms in total. The highest BCUT2D eigenvalue weighted by molar-refractivity contribution is 5.32. The van der Waals surface area contributed by atoms with E-state index in [-0.39, 0.29) is 5.82 Å². The average Bonchev–Trinajstić information content (AvgIpc) is 2.53. The third-order valence-electron chi connectivity index (χ3n) is 4.83. The van der Waals surface area contributed by atoms with E-state index in [0.717, 1.165) is 18.0 Å². The molecule has 3 atom stereocenters. The molecule has 0 bridgehead atoms. The van der Waals surface area contributed by atoms with Crippen LogP contribution >= 0.6 is 0 Å². The van der Waals surface area contributed by atoms with Gasteiger partial charge in [0.05, 0.1) is 7.11 Å². The topological polar surface area (TPSA) is 21.3 Å². The molecule has 0 saturated heterocycles. The molecule has 1 fully saturated rings. The molecule has 1 N–H and O–H groups in total. The summed E-state index contributed by atoms with van der Waals surface area (Å²) in [4.78, 5) is 0. The zero-order valence-electron chi connectivity index (χ0n) is 13.5. The number of hydrogen-bond acceptors (Lipinski definition) is 2. The lowest BCUT2D eigenvalue weighted by molar-refractivity contribution is 0.210. The van der Waals surface area contributed by atoms with Crippen molar-refractivity contribution in [3.05, 3.63) is 29.6 Å². The first-order chi connectivity index (χ1) is 10.2. The van der Waals surface area contributed by atoms with E-state index in [4.69, 9.17) is 4.74 Å². The molecule has 1 aromatic carbocycles. The molecular formula is C18H28FNO. The second-order valence-corrected chi connectivity index (χ2v) is 6.13. The van der Waals surface area contributed by atoms with Crippen LogP contribution in [0.1, 0.15) is 57.6 Å². The Morgan fingerprint density at radius 1 is 1.33 bits per heavy atom. The Labute approximate surface area is 128 Å². The van der Waals surface area contributed by atoms with Gasteiger partial charge >= 0.3 is 0 Å². The van der Waals surface area contributed by atoms with Gasteiger partial charge in [-0.05, 0) is 48.9 Å². The van der Waals surface area contributed by atoms with E-state index in [1.54, 1.807) is 0 Å². The predicted octanol–water partition coefficient (Wildman–Crippen LogP) is 4.70. The van der Waals surface area contributed by atoms with Crippen LogP contribution in [0.25, 0.3) is 0 Å². The zero-order chi connectivity index (χ0) is 15.2. The van der Waals surface area contributed by atoms with Gasteiger partial charge in [-0.15, -0.1) is 0 Å². The van der Waals surface area contributed by atoms with Crippen molar-refractivity contribution in [2.45, 2.75) is 52.0 Å². The first-order valence-electron chi connectivity index (χ1n) is 8.26. The van der Waals surface area contributed by atoms with E-state index >= 15 is 0 Å². The maximum atomic E-state index is 13.6. The summed E-state index contributed by atoms with van der Waals surface area (Å²) in [5.41, 5.74) is 1.15. The number of halogens is 1. The molecular weight excluding hydrogens is 265 g/mol. The van der Waals surface area contributed by atoms with E-state index in [9.17, 15) is 4.39 Å². The van der Waals surface area contributed by atoms with Gasteiger partial charge in [0.1, 0.15) is 0 Å². The summed E-state index contributed by atoms with van der Waals surface area (Å²) in [5.74, 6) is 1.54. The Hall–Kier alpha value is -1.09. The zero-order valence-corrected chi connectivity index (χ0v) is 13.5. The van der Waals surface area contributed by atoms with Crippen LogP contribution in [-0.4, -0.2) is 13.7 Å². The Morgan fingerprint density at radius 2 is 2.14 bits per heavy atom. The van der Waals surface area contributed by atoms with Crippen LogP contribution in [0.3, 0.4) is 0 Å². The molecule has 1 aromatic rings. The summed E-state index contributed by atoms with van der Waals surface area (Å²) in [5, 5.41) is 3.61. The van der Waals surface area contributed by atoms with Crippen LogP contribution in [0, 0.1) is 17.7 Å². The standard InChI is InChI=1S/C18H28FNO/c1-4-13-7-6-8-14(11-13)18(20-5-2)15-9-10-16(19)17(12-15)21-3/h9-10,12-14,18,20H,4-8,11H2,1-3H3. The smallest absolute Gasteiger partial charge is 0.165 e. The van der Waals surface area contributed by atoms with Crippen LogP contribution in [0.15, 0.2) is 18.2 Å². The Balaban J connectivity index is 2.21. The second-order valence-electron chi connectivity index (χ2n) is 6.13. The van der Waals surface area contributed by atoms with Crippen LogP contribution in [0.2, 0.25) is 0 Å². The van der Waals surface area contributed by atoms with Gasteiger partial charge in [0.2, 0.25) is 0 Å². The largest absolute Gasteiger partial charge is 0.494 e. The van der Waals surface area contributed by atoms with Crippen molar-refractivity contribution in [1.82, 2.24) is 5.32 Å². The van der Waals surface area contributed by atoms with Gasteiger partial charge in [0.25, 0.3) is 0 Å². The molecule has 0 heterocycles. The lowest BCUT2D eigenvalue weighted by Gasteiger charge is -2.35. The molecule has 0 spiro atoms. The minimum Gasteiger partial charge on any atom is -0.494 e. The minimum atomic E-state index is -0.286. The van der Waals surface area contributed by atoms with Crippen molar-refractivity contribution in [3.8, 4) is 5.75 Å². The summed E-state index contributed by atoms with van der Waals surface area (Å²) in [6.45, 7) is 5.35. The fourth-order valence-corrected chi connectivity index (χ4v) is 3.65. The van der Waals surface area contributed by atoms with Crippen molar-refractivity contribution < 1.29 is 9.13 Å². The molecule has 0 radical (unpaired) electrons. The van der Waals surface area contributed by atoms with Crippen molar-refractivity contribution in [1.29, 1.82) is 0 Å². The molecule has 0 aromatic heterocycles. The summed E-state index contributed by atoms with van der Waals surface area (Å²) in [6.07, 6.45) is 6.46. The molecule has 1 aliphatic carbocycles. The number of methoxy groups -OCH3 is 1. The Kier molecular flexibility index (Phi) is 6.04. The molecule has 118 valence electrons. The van der Waals surface area contributed by atoms with Crippen molar-refractivity contribution in [2.24, 2.45) is 11.8 Å². The molecule has 1 saturated carbocycles. The van der Waals surface area contributed by atoms with Gasteiger partial charge in [-0.25, -0.2) is 4.39 Å². The maximum absolute atomic E-state index is 13.6. The highest BCUT2D eigenvalue weighted by atomic mass is 19.1. The first kappa shape index (κ1) is 16.3. The van der Waals surface area contributed by atoms with Crippen LogP contribution < -0.4 is 10.1 Å². The third kappa shape index (κ3) is 3.97. The molecule has 1 aliphatic rings. The van der Waals surface area contributed by atoms with E-state index in [1.807, 2.05) is 12.1 Å². The second kappa shape index (κ2) is 7.79. The molecule has 21 heavy (non-hydrogen) atoms. The molecule has 3 unspecified atom stereocenters. The lowest BCUT2D eigenvalue weighted by Crippen LogP contribution is -2.31. The van der Waals surface area contributed by atoms with Gasteiger partial charge in [-0.2, -0.15) is 0 Å². The van der Waals surface area contributed by atoms with Gasteiger partial charge in [0, 0.05) is 6.04 Å². The highest BCUT2D eigenvalue weighted by Gasteiger charge is 2.28. The van der Waals surface area contributed by atoms with Crippen molar-refractivity contribution in [2.75, 3.05) is 13.7 Å². The maximum Gasteiger partial charge on any atom is 0.165 e. The first-order valence-corrected chi connectivity index (χ1v) is 8.26. The van der Waals surface area contributed by atoms with Gasteiger partial charge in [-0.3, -0.25) is 0 Å². The van der Waals surface area contributed by atoms with Gasteiger partial charge in [-0.1, -0.05) is 39.2 Å². The van der Waals surface area contributed by atoms with Gasteiger partial charge < -0.3 is 10.1 Å². The van der Waals surface area contributed by atoms with Gasteiger partial charge in [0.15, 0.2) is 11.6 Å². The van der Waals surface area contributed by atoms with E-state index in [2.05, 4.69) is 19.2 Å². The normalized spacial score (nSPS) is 23.8. The number of nitrogens with one attached hydrogen (secondary N) is 1. The van der Waals surface area contributed by atoms with Crippen LogP contribution in [-0.2, 0) is 0 Å². The quantitative estimate of drug-likeness (QED) is 0.820. The van der Waals surface area contributed by atoms with Crippen molar-refractivity contribution in [3.63, 3.8) is 0 Å². The van der Waals surface area contributed by atoms with Crippen molar-refractivity contribution >= 4 is 0 Å². The lowest BCUT2D eigenvalue weighted by atomic mass is 9.75. The SMILES string of the molecule is CCNC(c1ccc(F)c(OC)c1)C1CCCC(CC)C1. The summed E-state index contributed by atoms with van der Waals surface area (Å²) in [7, 11) is 1.53. The highest BCUT2D eigenvalue weighted by Crippen LogP contribution is 2.39. The van der Waals surface area contributed by atoms with E-state index in [0.29, 0.717) is 17.7 Å². The molecule has 0 amide bonds. The average molecular weight is 293 g/mol. The summed E-state index contributed by atoms with van der Waals surface area (Å²) < 4.78 is 18.8. The number of rotatable bonds is 6. The van der Waals surface area contributed by atoms with Crippen LogP contribution in [0.5, 0.6) is 5.75 Å². The number of ether oxygens (including phenoxy) is 1. The Bertz CT molecular complexity index is 449. The fourth-order valence-electron chi connectivity index (χ4n) is 3.65.